The molecule has 0 heterocycles. The molecular weight excluding hydrogens is 426 g/mol. The van der Waals surface area contributed by atoms with Crippen molar-refractivity contribution >= 4 is 21.6 Å². The van der Waals surface area contributed by atoms with Gasteiger partial charge >= 0.3 is 0 Å². The van der Waals surface area contributed by atoms with Crippen LogP contribution in [0.5, 0.6) is 11.5 Å². The third-order valence-electron chi connectivity index (χ3n) is 4.86. The van der Waals surface area contributed by atoms with E-state index in [1.807, 2.05) is 39.0 Å². The van der Waals surface area contributed by atoms with Gasteiger partial charge in [0.1, 0.15) is 11.5 Å². The second-order valence-electron chi connectivity index (χ2n) is 8.21. The lowest BCUT2D eigenvalue weighted by Crippen LogP contribution is -2.40. The summed E-state index contributed by atoms with van der Waals surface area (Å²) in [6.07, 6.45) is 0. The fourth-order valence-corrected chi connectivity index (χ4v) is 4.67. The average molecular weight is 454 g/mol. The Balaban J connectivity index is 1.96. The van der Waals surface area contributed by atoms with Crippen LogP contribution in [0.4, 0.5) is 5.69 Å². The molecule has 0 fully saturated rings. The van der Waals surface area contributed by atoms with Crippen molar-refractivity contribution in [2.75, 3.05) is 18.0 Å². The smallest absolute Gasteiger partial charge is 0.278 e. The molecule has 3 aromatic carbocycles. The minimum absolute atomic E-state index is 0.0132. The van der Waals surface area contributed by atoms with Crippen molar-refractivity contribution in [2.24, 2.45) is 0 Å². The number of hydrogen-bond acceptors (Lipinski definition) is 5. The molecule has 0 unspecified atom stereocenters. The summed E-state index contributed by atoms with van der Waals surface area (Å²) in [6, 6.07) is 21.5. The molecule has 3 rings (SSSR count). The maximum Gasteiger partial charge on any atom is 0.278 e. The highest BCUT2D eigenvalue weighted by atomic mass is 32.2. The second kappa shape index (κ2) is 9.44. The van der Waals surface area contributed by atoms with E-state index in [9.17, 15) is 13.2 Å². The lowest BCUT2D eigenvalue weighted by atomic mass is 9.86. The topological polar surface area (TPSA) is 72.9 Å². The largest absolute Gasteiger partial charge is 0.497 e. The van der Waals surface area contributed by atoms with Gasteiger partial charge in [-0.1, -0.05) is 57.2 Å². The van der Waals surface area contributed by atoms with Gasteiger partial charge in [0.2, 0.25) is 0 Å². The number of para-hydroxylation sites is 1. The minimum atomic E-state index is -4.15. The van der Waals surface area contributed by atoms with Crippen LogP contribution in [0.1, 0.15) is 26.3 Å². The first-order valence-corrected chi connectivity index (χ1v) is 11.6. The van der Waals surface area contributed by atoms with E-state index in [4.69, 9.17) is 9.47 Å². The highest BCUT2D eigenvalue weighted by Crippen LogP contribution is 2.31. The molecule has 6 nitrogen and oxygen atoms in total. The number of carbonyl (C=O) groups excluding carboxylic acids is 1. The van der Waals surface area contributed by atoms with E-state index < -0.39 is 22.5 Å². The molecule has 0 aromatic heterocycles. The molecule has 0 atom stereocenters. The Labute approximate surface area is 189 Å². The monoisotopic (exact) mass is 453 g/mol. The Bertz CT molecular complexity index is 1170. The van der Waals surface area contributed by atoms with Gasteiger partial charge in [-0.3, -0.25) is 4.79 Å². The summed E-state index contributed by atoms with van der Waals surface area (Å²) in [6.45, 7) is 5.69. The number of anilines is 1. The first-order chi connectivity index (χ1) is 15.1. The van der Waals surface area contributed by atoms with Crippen LogP contribution in [0.15, 0.2) is 83.8 Å². The maximum atomic E-state index is 13.4. The van der Waals surface area contributed by atoms with Gasteiger partial charge in [0.05, 0.1) is 17.7 Å². The van der Waals surface area contributed by atoms with Crippen molar-refractivity contribution in [3.05, 3.63) is 84.4 Å². The number of ether oxygens (including phenoxy) is 2. The van der Waals surface area contributed by atoms with Gasteiger partial charge < -0.3 is 9.47 Å². The van der Waals surface area contributed by atoms with E-state index in [1.165, 1.54) is 31.4 Å². The highest BCUT2D eigenvalue weighted by molar-refractivity contribution is 7.93. The average Bonchev–Trinajstić information content (AvgIpc) is 2.78. The molecular formula is C25H27NO5S. The molecule has 168 valence electrons. The molecule has 0 spiro atoms. The molecule has 0 aliphatic carbocycles. The van der Waals surface area contributed by atoms with Crippen LogP contribution < -0.4 is 13.8 Å². The maximum absolute atomic E-state index is 13.4. The van der Waals surface area contributed by atoms with E-state index in [1.54, 1.807) is 36.4 Å². The van der Waals surface area contributed by atoms with E-state index in [0.717, 1.165) is 9.87 Å². The predicted octanol–water partition coefficient (Wildman–Crippen LogP) is 4.79. The van der Waals surface area contributed by atoms with Gasteiger partial charge in [0.15, 0.2) is 6.61 Å². The quantitative estimate of drug-likeness (QED) is 0.514. The van der Waals surface area contributed by atoms with Gasteiger partial charge in [0.25, 0.3) is 15.9 Å². The van der Waals surface area contributed by atoms with E-state index >= 15 is 0 Å². The number of benzene rings is 3. The Morgan fingerprint density at radius 1 is 0.875 bits per heavy atom. The second-order valence-corrected chi connectivity index (χ2v) is 10.00. The Morgan fingerprint density at radius 3 is 2.06 bits per heavy atom. The first-order valence-electron chi connectivity index (χ1n) is 10.1. The minimum Gasteiger partial charge on any atom is -0.497 e. The van der Waals surface area contributed by atoms with Crippen molar-refractivity contribution in [3.63, 3.8) is 0 Å². The molecule has 0 N–H and O–H groups in total. The van der Waals surface area contributed by atoms with Crippen LogP contribution >= 0.6 is 0 Å². The molecule has 3 aromatic rings. The van der Waals surface area contributed by atoms with Crippen LogP contribution in [0.3, 0.4) is 0 Å². The first kappa shape index (κ1) is 23.3. The Morgan fingerprint density at radius 2 is 1.47 bits per heavy atom. The lowest BCUT2D eigenvalue weighted by molar-refractivity contribution is -0.119. The van der Waals surface area contributed by atoms with E-state index in [0.29, 0.717) is 11.5 Å². The number of rotatable bonds is 7. The Hall–Kier alpha value is -3.32. The van der Waals surface area contributed by atoms with Gasteiger partial charge in [-0.15, -0.1) is 0 Å². The summed E-state index contributed by atoms with van der Waals surface area (Å²) in [7, 11) is -2.64. The zero-order valence-corrected chi connectivity index (χ0v) is 19.4. The standard InChI is InChI=1S/C25H27NO5S/c1-25(2,3)22-12-8-9-13-23(22)31-18-24(27)26(19-14-16-20(30-4)17-15-19)32(28,29)21-10-6-5-7-11-21/h5-17H,18H2,1-4H3. The zero-order valence-electron chi connectivity index (χ0n) is 18.6. The number of hydrogen-bond donors (Lipinski definition) is 0. The van der Waals surface area contributed by atoms with Crippen molar-refractivity contribution < 1.29 is 22.7 Å². The number of sulfonamides is 1. The number of amides is 1. The van der Waals surface area contributed by atoms with Crippen molar-refractivity contribution in [3.8, 4) is 11.5 Å². The molecule has 7 heteroatoms. The molecule has 0 aliphatic heterocycles. The zero-order chi connectivity index (χ0) is 23.4. The molecule has 0 radical (unpaired) electrons. The normalized spacial score (nSPS) is 11.6. The molecule has 0 bridgehead atoms. The summed E-state index contributed by atoms with van der Waals surface area (Å²) in [5.74, 6) is 0.386. The van der Waals surface area contributed by atoms with Crippen LogP contribution in [-0.4, -0.2) is 28.0 Å². The van der Waals surface area contributed by atoms with Crippen molar-refractivity contribution in [1.29, 1.82) is 0 Å². The Kier molecular flexibility index (Phi) is 6.89. The fourth-order valence-electron chi connectivity index (χ4n) is 3.24. The molecule has 0 saturated carbocycles. The summed E-state index contributed by atoms with van der Waals surface area (Å²) in [4.78, 5) is 13.3. The fraction of sp³-hybridized carbons (Fsp3) is 0.240. The lowest BCUT2D eigenvalue weighted by Gasteiger charge is -2.25. The number of methoxy groups -OCH3 is 1. The van der Waals surface area contributed by atoms with Crippen LogP contribution in [-0.2, 0) is 20.2 Å². The van der Waals surface area contributed by atoms with E-state index in [2.05, 4.69) is 0 Å². The summed E-state index contributed by atoms with van der Waals surface area (Å²) in [5.41, 5.74) is 0.924. The van der Waals surface area contributed by atoms with Gasteiger partial charge in [-0.25, -0.2) is 8.42 Å². The van der Waals surface area contributed by atoms with Crippen LogP contribution in [0.25, 0.3) is 0 Å². The highest BCUT2D eigenvalue weighted by Gasteiger charge is 2.31. The third kappa shape index (κ3) is 5.11. The van der Waals surface area contributed by atoms with Gasteiger partial charge in [-0.05, 0) is 53.4 Å². The molecule has 1 amide bonds. The van der Waals surface area contributed by atoms with Crippen LogP contribution in [0.2, 0.25) is 0 Å². The SMILES string of the molecule is COc1ccc(N(C(=O)COc2ccccc2C(C)(C)C)S(=O)(=O)c2ccccc2)cc1. The van der Waals surface area contributed by atoms with Crippen molar-refractivity contribution in [1.82, 2.24) is 0 Å². The van der Waals surface area contributed by atoms with Crippen molar-refractivity contribution in [2.45, 2.75) is 31.1 Å². The summed E-state index contributed by atoms with van der Waals surface area (Å²) >= 11 is 0. The third-order valence-corrected chi connectivity index (χ3v) is 6.62. The van der Waals surface area contributed by atoms with E-state index in [-0.39, 0.29) is 16.0 Å². The molecule has 0 saturated heterocycles. The van der Waals surface area contributed by atoms with Gasteiger partial charge in [-0.2, -0.15) is 4.31 Å². The van der Waals surface area contributed by atoms with Gasteiger partial charge in [0, 0.05) is 0 Å². The van der Waals surface area contributed by atoms with Crippen LogP contribution in [0, 0.1) is 0 Å². The summed E-state index contributed by atoms with van der Waals surface area (Å²) in [5, 5.41) is 0. The molecule has 32 heavy (non-hydrogen) atoms. The molecule has 0 aliphatic rings. The predicted molar refractivity (Wildman–Crippen MR) is 125 cm³/mol. The summed E-state index contributed by atoms with van der Waals surface area (Å²) < 4.78 is 38.5. The number of nitrogens with zero attached hydrogens (tertiary/aromatic N) is 1. The number of carbonyl (C=O) groups is 1.